The highest BCUT2D eigenvalue weighted by Gasteiger charge is 2.23. The fourth-order valence-corrected chi connectivity index (χ4v) is 3.86. The van der Waals surface area contributed by atoms with Crippen molar-refractivity contribution < 1.29 is 4.74 Å². The summed E-state index contributed by atoms with van der Waals surface area (Å²) < 4.78 is 9.29. The number of aromatic nitrogens is 5. The monoisotopic (exact) mass is 437 g/mol. The second kappa shape index (κ2) is 9.51. The van der Waals surface area contributed by atoms with E-state index in [-0.39, 0.29) is 0 Å². The highest BCUT2D eigenvalue weighted by molar-refractivity contribution is 5.87. The summed E-state index contributed by atoms with van der Waals surface area (Å²) in [7, 11) is 0. The topological polar surface area (TPSA) is 84.8 Å². The summed E-state index contributed by atoms with van der Waals surface area (Å²) in [6, 6.07) is 22.3. The lowest BCUT2D eigenvalue weighted by Crippen LogP contribution is -2.38. The van der Waals surface area contributed by atoms with Crippen molar-refractivity contribution in [2.24, 2.45) is 0 Å². The average molecular weight is 438 g/mol. The Balaban J connectivity index is 1.50. The molecular weight excluding hydrogens is 414 g/mol. The van der Waals surface area contributed by atoms with Crippen molar-refractivity contribution in [2.75, 3.05) is 31.2 Å². The van der Waals surface area contributed by atoms with Crippen LogP contribution in [0.15, 0.2) is 73.1 Å². The van der Waals surface area contributed by atoms with Crippen LogP contribution in [0, 0.1) is 11.3 Å². The molecule has 5 rings (SSSR count). The minimum Gasteiger partial charge on any atom is -0.378 e. The number of hydrogen-bond acceptors (Lipinski definition) is 6. The van der Waals surface area contributed by atoms with Gasteiger partial charge in [0, 0.05) is 24.8 Å². The zero-order valence-corrected chi connectivity index (χ0v) is 18.1. The number of morpholine rings is 1. The Morgan fingerprint density at radius 3 is 2.45 bits per heavy atom. The van der Waals surface area contributed by atoms with Gasteiger partial charge in [0.2, 0.25) is 5.95 Å². The van der Waals surface area contributed by atoms with Gasteiger partial charge in [0.15, 0.2) is 5.82 Å². The summed E-state index contributed by atoms with van der Waals surface area (Å²) >= 11 is 0. The van der Waals surface area contributed by atoms with E-state index in [1.165, 1.54) is 0 Å². The molecule has 1 saturated heterocycles. The minimum absolute atomic E-state index is 0.421. The molecule has 0 bridgehead atoms. The molecule has 0 saturated carbocycles. The van der Waals surface area contributed by atoms with Crippen molar-refractivity contribution in [1.29, 1.82) is 5.26 Å². The highest BCUT2D eigenvalue weighted by atomic mass is 16.5. The first-order chi connectivity index (χ1) is 16.3. The molecule has 0 N–H and O–H groups in total. The lowest BCUT2D eigenvalue weighted by molar-refractivity contribution is 0.122. The van der Waals surface area contributed by atoms with Crippen LogP contribution in [-0.4, -0.2) is 50.8 Å². The molecular formula is C25H23N7O. The maximum absolute atomic E-state index is 10.0. The minimum atomic E-state index is 0.421. The molecule has 1 aliphatic heterocycles. The van der Waals surface area contributed by atoms with Crippen molar-refractivity contribution in [1.82, 2.24) is 24.5 Å². The van der Waals surface area contributed by atoms with Gasteiger partial charge in [-0.25, -0.2) is 0 Å². The number of nitrogens with zero attached hydrogens (tertiary/aromatic N) is 7. The smallest absolute Gasteiger partial charge is 0.232 e. The molecule has 0 unspecified atom stereocenters. The van der Waals surface area contributed by atoms with E-state index in [1.54, 1.807) is 12.3 Å². The van der Waals surface area contributed by atoms with Gasteiger partial charge in [0.05, 0.1) is 37.2 Å². The zero-order valence-electron chi connectivity index (χ0n) is 18.1. The van der Waals surface area contributed by atoms with Gasteiger partial charge in [-0.1, -0.05) is 48.5 Å². The fourth-order valence-electron chi connectivity index (χ4n) is 3.86. The highest BCUT2D eigenvalue weighted by Crippen LogP contribution is 2.26. The molecule has 8 nitrogen and oxygen atoms in total. The summed E-state index contributed by atoms with van der Waals surface area (Å²) in [6.07, 6.45) is 5.49. The quantitative estimate of drug-likeness (QED) is 0.430. The van der Waals surface area contributed by atoms with Crippen LogP contribution in [0.1, 0.15) is 17.0 Å². The number of anilines is 1. The van der Waals surface area contributed by atoms with E-state index in [0.29, 0.717) is 37.1 Å². The molecule has 1 fully saturated rings. The van der Waals surface area contributed by atoms with E-state index in [9.17, 15) is 5.26 Å². The standard InChI is InChI=1S/C25H23N7O/c26-16-22(15-21-17-27-31(19-21)18-20-7-3-1-4-8-20)24-28-29-25(30-11-13-33-14-12-30)32(24)23-9-5-2-6-10-23/h1-10,15,17,19H,11-14,18H2/b22-15+. The normalized spacial score (nSPS) is 14.3. The SMILES string of the molecule is N#C/C(=C\c1cnn(Cc2ccccc2)c1)c1nnc(N2CCOCC2)n1-c1ccccc1. The first kappa shape index (κ1) is 20.7. The molecule has 33 heavy (non-hydrogen) atoms. The van der Waals surface area contributed by atoms with Crippen LogP contribution < -0.4 is 4.90 Å². The third-order valence-corrected chi connectivity index (χ3v) is 5.47. The molecule has 3 heterocycles. The first-order valence-corrected chi connectivity index (χ1v) is 10.8. The molecule has 2 aromatic heterocycles. The van der Waals surface area contributed by atoms with Crippen molar-refractivity contribution >= 4 is 17.6 Å². The van der Waals surface area contributed by atoms with Gasteiger partial charge >= 0.3 is 0 Å². The number of nitriles is 1. The van der Waals surface area contributed by atoms with E-state index in [0.717, 1.165) is 29.9 Å². The Bertz CT molecular complexity index is 1280. The third-order valence-electron chi connectivity index (χ3n) is 5.47. The van der Waals surface area contributed by atoms with E-state index < -0.39 is 0 Å². The summed E-state index contributed by atoms with van der Waals surface area (Å²) in [4.78, 5) is 2.14. The Hall–Kier alpha value is -4.22. The van der Waals surface area contributed by atoms with Crippen LogP contribution in [0.5, 0.6) is 0 Å². The molecule has 4 aromatic rings. The van der Waals surface area contributed by atoms with E-state index in [2.05, 4.69) is 38.4 Å². The summed E-state index contributed by atoms with van der Waals surface area (Å²) in [6.45, 7) is 3.39. The molecule has 164 valence electrons. The number of hydrogen-bond donors (Lipinski definition) is 0. The molecule has 0 aliphatic carbocycles. The van der Waals surface area contributed by atoms with Gasteiger partial charge in [-0.2, -0.15) is 10.4 Å². The van der Waals surface area contributed by atoms with Crippen LogP contribution in [0.2, 0.25) is 0 Å². The van der Waals surface area contributed by atoms with Crippen LogP contribution in [0.3, 0.4) is 0 Å². The second-order valence-corrected chi connectivity index (χ2v) is 7.72. The molecule has 0 atom stereocenters. The molecule has 0 spiro atoms. The van der Waals surface area contributed by atoms with Crippen molar-refractivity contribution in [3.05, 3.63) is 90.0 Å². The van der Waals surface area contributed by atoms with Gasteiger partial charge < -0.3 is 9.64 Å². The summed E-state index contributed by atoms with van der Waals surface area (Å²) in [5.74, 6) is 1.21. The fraction of sp³-hybridized carbons (Fsp3) is 0.200. The largest absolute Gasteiger partial charge is 0.378 e. The molecule has 2 aromatic carbocycles. The molecule has 1 aliphatic rings. The van der Waals surface area contributed by atoms with Crippen molar-refractivity contribution in [3.63, 3.8) is 0 Å². The van der Waals surface area contributed by atoms with Gasteiger partial charge in [-0.15, -0.1) is 10.2 Å². The van der Waals surface area contributed by atoms with E-state index >= 15 is 0 Å². The van der Waals surface area contributed by atoms with Gasteiger partial charge in [-0.05, 0) is 23.8 Å². The van der Waals surface area contributed by atoms with Crippen LogP contribution in [0.25, 0.3) is 17.3 Å². The second-order valence-electron chi connectivity index (χ2n) is 7.72. The van der Waals surface area contributed by atoms with Gasteiger partial charge in [-0.3, -0.25) is 9.25 Å². The molecule has 0 amide bonds. The number of ether oxygens (including phenoxy) is 1. The van der Waals surface area contributed by atoms with Gasteiger partial charge in [0.25, 0.3) is 0 Å². The van der Waals surface area contributed by atoms with Crippen LogP contribution in [-0.2, 0) is 11.3 Å². The zero-order chi connectivity index (χ0) is 22.5. The first-order valence-electron chi connectivity index (χ1n) is 10.8. The number of allylic oxidation sites excluding steroid dienone is 1. The van der Waals surface area contributed by atoms with Crippen LogP contribution >= 0.6 is 0 Å². The van der Waals surface area contributed by atoms with Crippen molar-refractivity contribution in [3.8, 4) is 11.8 Å². The van der Waals surface area contributed by atoms with Crippen LogP contribution in [0.4, 0.5) is 5.95 Å². The Labute approximate surface area is 192 Å². The molecule has 0 radical (unpaired) electrons. The Morgan fingerprint density at radius 1 is 1.00 bits per heavy atom. The number of para-hydroxylation sites is 1. The number of rotatable bonds is 6. The van der Waals surface area contributed by atoms with E-state index in [1.807, 2.05) is 64.0 Å². The third kappa shape index (κ3) is 4.54. The van der Waals surface area contributed by atoms with E-state index in [4.69, 9.17) is 4.74 Å². The van der Waals surface area contributed by atoms with Gasteiger partial charge in [0.1, 0.15) is 6.07 Å². The Morgan fingerprint density at radius 2 is 1.73 bits per heavy atom. The summed E-state index contributed by atoms with van der Waals surface area (Å²) in [5, 5.41) is 23.3. The average Bonchev–Trinajstić information content (AvgIpc) is 3.51. The summed E-state index contributed by atoms with van der Waals surface area (Å²) in [5.41, 5.74) is 3.32. The lowest BCUT2D eigenvalue weighted by atomic mass is 10.2. The predicted octanol–water partition coefficient (Wildman–Crippen LogP) is 3.41. The maximum Gasteiger partial charge on any atom is 0.232 e. The predicted molar refractivity (Wildman–Crippen MR) is 126 cm³/mol. The molecule has 8 heteroatoms. The maximum atomic E-state index is 10.0. The van der Waals surface area contributed by atoms with Crippen molar-refractivity contribution in [2.45, 2.75) is 6.54 Å². The number of benzene rings is 2. The Kier molecular flexibility index (Phi) is 5.95. The lowest BCUT2D eigenvalue weighted by Gasteiger charge is -2.28.